The predicted molar refractivity (Wildman–Crippen MR) is 103 cm³/mol. The molecule has 2 aliphatic carbocycles. The van der Waals surface area contributed by atoms with Crippen LogP contribution in [0.15, 0.2) is 23.7 Å². The van der Waals surface area contributed by atoms with Crippen LogP contribution in [0.2, 0.25) is 0 Å². The second kappa shape index (κ2) is 6.92. The summed E-state index contributed by atoms with van der Waals surface area (Å²) >= 11 is 0. The van der Waals surface area contributed by atoms with Gasteiger partial charge in [-0.05, 0) is 25.2 Å². The number of rotatable bonds is 2. The number of epoxide rings is 1. The van der Waals surface area contributed by atoms with Crippen molar-refractivity contribution < 1.29 is 53.0 Å². The molecule has 3 saturated heterocycles. The van der Waals surface area contributed by atoms with Crippen molar-refractivity contribution in [2.75, 3.05) is 27.4 Å². The molecule has 0 aromatic carbocycles. The molecule has 5 heterocycles. The Hall–Kier alpha value is -2.18. The van der Waals surface area contributed by atoms with E-state index in [1.807, 2.05) is 0 Å². The average Bonchev–Trinajstić information content (AvgIpc) is 3.20. The van der Waals surface area contributed by atoms with Crippen molar-refractivity contribution in [3.63, 3.8) is 0 Å². The molecule has 0 aromatic heterocycles. The fourth-order valence-corrected chi connectivity index (χ4v) is 6.67. The molecule has 11 heteroatoms. The Morgan fingerprint density at radius 3 is 2.33 bits per heavy atom. The molecule has 7 aliphatic rings. The molecule has 0 unspecified atom stereocenters. The zero-order valence-electron chi connectivity index (χ0n) is 18.2. The first-order valence-corrected chi connectivity index (χ1v) is 11.1. The molecule has 11 nitrogen and oxygen atoms in total. The summed E-state index contributed by atoms with van der Waals surface area (Å²) in [4.78, 5) is 23.2. The topological polar surface area (TPSA) is 143 Å². The van der Waals surface area contributed by atoms with Crippen LogP contribution < -0.4 is 0 Å². The van der Waals surface area contributed by atoms with Gasteiger partial charge < -0.3 is 43.4 Å². The third-order valence-electron chi connectivity index (χ3n) is 8.21. The summed E-state index contributed by atoms with van der Waals surface area (Å²) in [5.41, 5.74) is 0.528. The van der Waals surface area contributed by atoms with E-state index >= 15 is 0 Å². The molecular formula is C22H26O11. The number of methoxy groups -OCH3 is 2. The summed E-state index contributed by atoms with van der Waals surface area (Å²) in [6.45, 7) is 0.817. The monoisotopic (exact) mass is 466 g/mol. The van der Waals surface area contributed by atoms with Gasteiger partial charge in [0.1, 0.15) is 18.1 Å². The highest BCUT2D eigenvalue weighted by Gasteiger charge is 2.81. The van der Waals surface area contributed by atoms with Crippen LogP contribution in [0.3, 0.4) is 0 Å². The van der Waals surface area contributed by atoms with Crippen molar-refractivity contribution in [2.24, 2.45) is 29.6 Å². The maximum Gasteiger partial charge on any atom is 0.337 e. The molecule has 5 aliphatic heterocycles. The van der Waals surface area contributed by atoms with Crippen LogP contribution in [-0.4, -0.2) is 73.2 Å². The molecule has 1 spiro atoms. The minimum absolute atomic E-state index is 0.00120. The molecule has 0 bridgehead atoms. The summed E-state index contributed by atoms with van der Waals surface area (Å²) in [5.74, 6) is -4.26. The van der Waals surface area contributed by atoms with Crippen LogP contribution in [0.1, 0.15) is 19.3 Å². The van der Waals surface area contributed by atoms with E-state index in [4.69, 9.17) is 33.2 Å². The lowest BCUT2D eigenvalue weighted by atomic mass is 9.82. The number of esters is 2. The van der Waals surface area contributed by atoms with E-state index in [-0.39, 0.29) is 41.7 Å². The van der Waals surface area contributed by atoms with Crippen LogP contribution in [0, 0.1) is 29.6 Å². The number of ether oxygens (including phenoxy) is 7. The molecule has 0 amide bonds. The Balaban J connectivity index is 0.000000125. The van der Waals surface area contributed by atoms with Crippen molar-refractivity contribution in [3.05, 3.63) is 23.7 Å². The molecule has 7 rings (SSSR count). The zero-order chi connectivity index (χ0) is 23.2. The van der Waals surface area contributed by atoms with Crippen LogP contribution in [0.4, 0.5) is 0 Å². The van der Waals surface area contributed by atoms with Gasteiger partial charge in [-0.1, -0.05) is 0 Å². The lowest BCUT2D eigenvalue weighted by Gasteiger charge is -2.36. The summed E-state index contributed by atoms with van der Waals surface area (Å²) < 4.78 is 36.0. The predicted octanol–water partition coefficient (Wildman–Crippen LogP) is -0.0843. The zero-order valence-corrected chi connectivity index (χ0v) is 18.2. The molecule has 0 radical (unpaired) electrons. The molecule has 2 saturated carbocycles. The summed E-state index contributed by atoms with van der Waals surface area (Å²) in [6, 6.07) is 0. The normalized spacial score (nSPS) is 49.1. The highest BCUT2D eigenvalue weighted by atomic mass is 16.8. The van der Waals surface area contributed by atoms with E-state index in [1.165, 1.54) is 26.7 Å². The minimum Gasteiger partial charge on any atom is -0.466 e. The number of hydrogen-bond acceptors (Lipinski definition) is 11. The van der Waals surface area contributed by atoms with Crippen molar-refractivity contribution in [2.45, 2.75) is 42.9 Å². The lowest BCUT2D eigenvalue weighted by Crippen LogP contribution is -2.47. The molecule has 2 N–H and O–H groups in total. The summed E-state index contributed by atoms with van der Waals surface area (Å²) in [7, 11) is 2.68. The second-order valence-corrected chi connectivity index (χ2v) is 9.58. The van der Waals surface area contributed by atoms with Gasteiger partial charge >= 0.3 is 23.9 Å². The number of carbonyl (C=O) groups is 2. The van der Waals surface area contributed by atoms with Crippen molar-refractivity contribution in [3.8, 4) is 0 Å². The molecule has 5 fully saturated rings. The van der Waals surface area contributed by atoms with E-state index in [0.717, 1.165) is 12.8 Å². The standard InChI is InChI=1S/C11H12O6.C11H14O5/c1-14-9(12)6-3-15-11(13)8-5(6)2-7-10(8,17-7)4-16-11;1-14-10(12)8-5-16-11(13)9-6(4-15-11)2-3-7(8)9/h3,5,7-8,13H,2,4H2,1H3;5-7,9,13H,2-4H2,1H3/t5-,7+,8+,10+,11+;6-,7+,9+,11+/m10/s1. The smallest absolute Gasteiger partial charge is 0.337 e. The molecule has 33 heavy (non-hydrogen) atoms. The van der Waals surface area contributed by atoms with Crippen LogP contribution >= 0.6 is 0 Å². The molecule has 9 atom stereocenters. The van der Waals surface area contributed by atoms with Gasteiger partial charge in [-0.15, -0.1) is 0 Å². The van der Waals surface area contributed by atoms with Gasteiger partial charge in [-0.25, -0.2) is 9.59 Å². The number of aliphatic hydroxyl groups is 2. The van der Waals surface area contributed by atoms with Gasteiger partial charge in [0.2, 0.25) is 0 Å². The van der Waals surface area contributed by atoms with Crippen LogP contribution in [-0.2, 0) is 42.7 Å². The largest absolute Gasteiger partial charge is 0.466 e. The summed E-state index contributed by atoms with van der Waals surface area (Å²) in [6.07, 6.45) is 5.15. The molecular weight excluding hydrogens is 440 g/mol. The maximum absolute atomic E-state index is 11.6. The Bertz CT molecular complexity index is 960. The van der Waals surface area contributed by atoms with Crippen molar-refractivity contribution >= 4 is 11.9 Å². The first kappa shape index (κ1) is 21.4. The Morgan fingerprint density at radius 1 is 0.970 bits per heavy atom. The Morgan fingerprint density at radius 2 is 1.64 bits per heavy atom. The van der Waals surface area contributed by atoms with E-state index < -0.39 is 23.5 Å². The van der Waals surface area contributed by atoms with Gasteiger partial charge in [-0.3, -0.25) is 0 Å². The van der Waals surface area contributed by atoms with Gasteiger partial charge in [0.25, 0.3) is 0 Å². The first-order chi connectivity index (χ1) is 15.8. The van der Waals surface area contributed by atoms with E-state index in [1.54, 1.807) is 0 Å². The van der Waals surface area contributed by atoms with E-state index in [0.29, 0.717) is 30.8 Å². The lowest BCUT2D eigenvalue weighted by molar-refractivity contribution is -0.347. The molecule has 180 valence electrons. The Labute approximate surface area is 189 Å². The van der Waals surface area contributed by atoms with Gasteiger partial charge in [-0.2, -0.15) is 0 Å². The van der Waals surface area contributed by atoms with E-state index in [2.05, 4.69) is 0 Å². The van der Waals surface area contributed by atoms with Gasteiger partial charge in [0.15, 0.2) is 0 Å². The van der Waals surface area contributed by atoms with Crippen LogP contribution in [0.5, 0.6) is 0 Å². The maximum atomic E-state index is 11.6. The minimum atomic E-state index is -1.65. The quantitative estimate of drug-likeness (QED) is 0.417. The molecule has 0 aromatic rings. The summed E-state index contributed by atoms with van der Waals surface area (Å²) in [5, 5.41) is 20.4. The SMILES string of the molecule is COC(=O)C1=CO[C@]2(O)OC[C@@H]3CC[C@H]1[C@@H]32.COC(=O)C1=CO[C@]2(O)OC[C@]34O[C@H]3C[C@H]1[C@H]24. The highest BCUT2D eigenvalue weighted by Crippen LogP contribution is 2.66. The van der Waals surface area contributed by atoms with Crippen molar-refractivity contribution in [1.82, 2.24) is 0 Å². The highest BCUT2D eigenvalue weighted by molar-refractivity contribution is 5.89. The van der Waals surface area contributed by atoms with Gasteiger partial charge in [0, 0.05) is 11.8 Å². The van der Waals surface area contributed by atoms with E-state index in [9.17, 15) is 19.8 Å². The third kappa shape index (κ3) is 2.80. The number of hydrogen-bond donors (Lipinski definition) is 2. The first-order valence-electron chi connectivity index (χ1n) is 11.1. The second-order valence-electron chi connectivity index (χ2n) is 9.58. The van der Waals surface area contributed by atoms with Crippen molar-refractivity contribution in [1.29, 1.82) is 0 Å². The van der Waals surface area contributed by atoms with Gasteiger partial charge in [0.05, 0.1) is 56.5 Å². The number of carbonyl (C=O) groups excluding carboxylic acids is 2. The van der Waals surface area contributed by atoms with Crippen LogP contribution in [0.25, 0.3) is 0 Å². The third-order valence-corrected chi connectivity index (χ3v) is 8.21. The Kier molecular flexibility index (Phi) is 4.48. The average molecular weight is 466 g/mol. The fourth-order valence-electron chi connectivity index (χ4n) is 6.67. The fraction of sp³-hybridized carbons (Fsp3) is 0.727.